The molecule has 1 aliphatic rings. The molecule has 0 radical (unpaired) electrons. The van der Waals surface area contributed by atoms with Gasteiger partial charge in [-0.25, -0.2) is 19.2 Å². The highest BCUT2D eigenvalue weighted by atomic mass is 19.1. The van der Waals surface area contributed by atoms with Gasteiger partial charge in [-0.3, -0.25) is 0 Å². The lowest BCUT2D eigenvalue weighted by atomic mass is 9.98. The molecule has 0 atom stereocenters. The first-order chi connectivity index (χ1) is 16.9. The van der Waals surface area contributed by atoms with Crippen LogP contribution in [0.25, 0.3) is 33.0 Å². The molecule has 3 aromatic heterocycles. The van der Waals surface area contributed by atoms with Crippen LogP contribution < -0.4 is 15.3 Å². The van der Waals surface area contributed by atoms with Crippen molar-refractivity contribution >= 4 is 27.5 Å². The van der Waals surface area contributed by atoms with E-state index in [1.807, 2.05) is 4.90 Å². The van der Waals surface area contributed by atoms with E-state index in [0.717, 1.165) is 11.3 Å². The fourth-order valence-corrected chi connectivity index (χ4v) is 4.59. The maximum atomic E-state index is 14.9. The van der Waals surface area contributed by atoms with Crippen LogP contribution in [0.3, 0.4) is 0 Å². The van der Waals surface area contributed by atoms with Gasteiger partial charge < -0.3 is 19.2 Å². The van der Waals surface area contributed by atoms with Crippen LogP contribution in [0.15, 0.2) is 52.1 Å². The van der Waals surface area contributed by atoms with E-state index >= 15 is 0 Å². The van der Waals surface area contributed by atoms with Crippen LogP contribution in [0.4, 0.5) is 10.2 Å². The second-order valence-corrected chi connectivity index (χ2v) is 8.28. The number of nitrogens with zero attached hydrogens (tertiary/aromatic N) is 5. The summed E-state index contributed by atoms with van der Waals surface area (Å²) in [6.07, 6.45) is 3.21. The number of hydrogen-bond donors (Lipinski definition) is 1. The number of benzene rings is 2. The summed E-state index contributed by atoms with van der Waals surface area (Å²) in [6, 6.07) is 7.43. The molecule has 35 heavy (non-hydrogen) atoms. The fourth-order valence-electron chi connectivity index (χ4n) is 4.59. The van der Waals surface area contributed by atoms with E-state index in [-0.39, 0.29) is 33.9 Å². The summed E-state index contributed by atoms with van der Waals surface area (Å²) in [5, 5.41) is 11.2. The molecule has 0 fully saturated rings. The minimum absolute atomic E-state index is 0.0705. The molecule has 0 bridgehead atoms. The van der Waals surface area contributed by atoms with Crippen LogP contribution in [0, 0.1) is 12.7 Å². The van der Waals surface area contributed by atoms with Gasteiger partial charge in [0.05, 0.1) is 24.9 Å². The predicted octanol–water partition coefficient (Wildman–Crippen LogP) is 3.88. The molecule has 0 saturated heterocycles. The van der Waals surface area contributed by atoms with Gasteiger partial charge in [0.1, 0.15) is 29.0 Å². The van der Waals surface area contributed by atoms with Crippen molar-refractivity contribution in [2.75, 3.05) is 12.0 Å². The smallest absolute Gasteiger partial charge is 0.349 e. The summed E-state index contributed by atoms with van der Waals surface area (Å²) in [5.41, 5.74) is 2.12. The average Bonchev–Trinajstić information content (AvgIpc) is 3.29. The van der Waals surface area contributed by atoms with E-state index in [1.54, 1.807) is 25.3 Å². The number of phenolic OH excluding ortho intramolecular Hbond substituents is 1. The number of aromatic nitrogens is 4. The Hall–Kier alpha value is -4.60. The van der Waals surface area contributed by atoms with Crippen molar-refractivity contribution in [1.29, 1.82) is 0 Å². The Morgan fingerprint density at radius 2 is 2.03 bits per heavy atom. The normalized spacial score (nSPS) is 12.9. The standard InChI is InChI=1S/C25H18FN5O4/c1-12-21-20(23(30-25(29-21)34-2)31-9-14-8-27-11-28-18(14)10-31)24(33)35-22(12)16-7-15(32)6-13-4-3-5-17(26)19(13)16/h3-8,11,32H,9-10H2,1-2H3. The fraction of sp³-hybridized carbons (Fsp3) is 0.160. The molecule has 1 N–H and O–H groups in total. The Bertz CT molecular complexity index is 1690. The van der Waals surface area contributed by atoms with Crippen molar-refractivity contribution < 1.29 is 18.7 Å². The molecule has 0 aliphatic carbocycles. The summed E-state index contributed by atoms with van der Waals surface area (Å²) < 4.78 is 26.0. The van der Waals surface area contributed by atoms with E-state index < -0.39 is 11.4 Å². The van der Waals surface area contributed by atoms with E-state index in [1.165, 1.54) is 31.6 Å². The largest absolute Gasteiger partial charge is 0.508 e. The van der Waals surface area contributed by atoms with Crippen molar-refractivity contribution in [2.45, 2.75) is 20.0 Å². The summed E-state index contributed by atoms with van der Waals surface area (Å²) in [7, 11) is 1.44. The highest BCUT2D eigenvalue weighted by Crippen LogP contribution is 2.39. The Labute approximate surface area is 197 Å². The van der Waals surface area contributed by atoms with Crippen molar-refractivity contribution in [3.8, 4) is 23.1 Å². The third-order valence-corrected chi connectivity index (χ3v) is 6.18. The number of anilines is 1. The van der Waals surface area contributed by atoms with Crippen LogP contribution in [-0.2, 0) is 13.1 Å². The third kappa shape index (κ3) is 3.25. The maximum Gasteiger partial charge on any atom is 0.349 e. The van der Waals surface area contributed by atoms with Gasteiger partial charge in [0, 0.05) is 34.8 Å². The van der Waals surface area contributed by atoms with Crippen molar-refractivity contribution in [1.82, 2.24) is 19.9 Å². The third-order valence-electron chi connectivity index (χ3n) is 6.18. The van der Waals surface area contributed by atoms with Crippen LogP contribution in [0.5, 0.6) is 11.8 Å². The molecule has 10 heteroatoms. The Kier molecular flexibility index (Phi) is 4.63. The van der Waals surface area contributed by atoms with E-state index in [9.17, 15) is 14.3 Å². The molecular weight excluding hydrogens is 453 g/mol. The molecule has 9 nitrogen and oxygen atoms in total. The number of phenols is 1. The lowest BCUT2D eigenvalue weighted by Gasteiger charge is -2.19. The number of ether oxygens (including phenoxy) is 1. The zero-order valence-electron chi connectivity index (χ0n) is 18.7. The number of aryl methyl sites for hydroxylation is 1. The molecular formula is C25H18FN5O4. The summed E-state index contributed by atoms with van der Waals surface area (Å²) in [5.74, 6) is -0.135. The molecule has 5 aromatic rings. The topological polar surface area (TPSA) is 114 Å². The number of fused-ring (bicyclic) bond motifs is 3. The zero-order chi connectivity index (χ0) is 24.3. The zero-order valence-corrected chi connectivity index (χ0v) is 18.7. The van der Waals surface area contributed by atoms with Gasteiger partial charge >= 0.3 is 11.6 Å². The highest BCUT2D eigenvalue weighted by Gasteiger charge is 2.28. The average molecular weight is 471 g/mol. The summed E-state index contributed by atoms with van der Waals surface area (Å²) in [6.45, 7) is 2.60. The van der Waals surface area contributed by atoms with E-state index in [4.69, 9.17) is 9.15 Å². The van der Waals surface area contributed by atoms with Gasteiger partial charge in [-0.15, -0.1) is 0 Å². The molecule has 6 rings (SSSR count). The van der Waals surface area contributed by atoms with E-state index in [0.29, 0.717) is 35.4 Å². The lowest BCUT2D eigenvalue weighted by Crippen LogP contribution is -2.20. The quantitative estimate of drug-likeness (QED) is 0.419. The number of halogens is 1. The van der Waals surface area contributed by atoms with E-state index in [2.05, 4.69) is 19.9 Å². The molecule has 0 saturated carbocycles. The van der Waals surface area contributed by atoms with Gasteiger partial charge in [-0.1, -0.05) is 12.1 Å². The Morgan fingerprint density at radius 1 is 1.17 bits per heavy atom. The first-order valence-electron chi connectivity index (χ1n) is 10.8. The lowest BCUT2D eigenvalue weighted by molar-refractivity contribution is 0.381. The molecule has 0 spiro atoms. The molecule has 2 aromatic carbocycles. The first-order valence-corrected chi connectivity index (χ1v) is 10.8. The number of rotatable bonds is 3. The maximum absolute atomic E-state index is 14.9. The van der Waals surface area contributed by atoms with Crippen molar-refractivity contribution in [3.63, 3.8) is 0 Å². The van der Waals surface area contributed by atoms with Gasteiger partial charge in [0.15, 0.2) is 5.82 Å². The number of methoxy groups -OCH3 is 1. The van der Waals surface area contributed by atoms with Crippen LogP contribution in [0.2, 0.25) is 0 Å². The van der Waals surface area contributed by atoms with Gasteiger partial charge in [-0.2, -0.15) is 9.97 Å². The molecule has 0 unspecified atom stereocenters. The summed E-state index contributed by atoms with van der Waals surface area (Å²) in [4.78, 5) is 32.5. The second kappa shape index (κ2) is 7.73. The van der Waals surface area contributed by atoms with Crippen LogP contribution >= 0.6 is 0 Å². The first kappa shape index (κ1) is 21.0. The minimum Gasteiger partial charge on any atom is -0.508 e. The summed E-state index contributed by atoms with van der Waals surface area (Å²) >= 11 is 0. The monoisotopic (exact) mass is 471 g/mol. The van der Waals surface area contributed by atoms with Crippen molar-refractivity contribution in [2.24, 2.45) is 0 Å². The molecule has 4 heterocycles. The van der Waals surface area contributed by atoms with Crippen LogP contribution in [-0.4, -0.2) is 32.2 Å². The molecule has 174 valence electrons. The minimum atomic E-state index is -0.687. The second-order valence-electron chi connectivity index (χ2n) is 8.28. The van der Waals surface area contributed by atoms with Gasteiger partial charge in [-0.05, 0) is 30.5 Å². The SMILES string of the molecule is COc1nc(N2Cc3cncnc3C2)c2c(=O)oc(-c3cc(O)cc4cccc(F)c34)c(C)c2n1. The predicted molar refractivity (Wildman–Crippen MR) is 126 cm³/mol. The molecule has 0 amide bonds. The molecule has 1 aliphatic heterocycles. The highest BCUT2D eigenvalue weighted by molar-refractivity contribution is 6.00. The van der Waals surface area contributed by atoms with Crippen LogP contribution in [0.1, 0.15) is 16.8 Å². The van der Waals surface area contributed by atoms with Gasteiger partial charge in [0.25, 0.3) is 0 Å². The van der Waals surface area contributed by atoms with Crippen molar-refractivity contribution in [3.05, 3.63) is 75.9 Å². The number of aromatic hydroxyl groups is 1. The van der Waals surface area contributed by atoms with Gasteiger partial charge in [0.2, 0.25) is 0 Å². The Morgan fingerprint density at radius 3 is 2.83 bits per heavy atom. The number of hydrogen-bond acceptors (Lipinski definition) is 9. The Balaban J connectivity index is 1.62.